The predicted molar refractivity (Wildman–Crippen MR) is 64.6 cm³/mol. The quantitative estimate of drug-likeness (QED) is 0.392. The van der Waals surface area contributed by atoms with Gasteiger partial charge >= 0.3 is 0 Å². The summed E-state index contributed by atoms with van der Waals surface area (Å²) < 4.78 is 0. The number of hydrogen-bond donors (Lipinski definition) is 0. The van der Waals surface area contributed by atoms with Gasteiger partial charge in [0.05, 0.1) is 0 Å². The van der Waals surface area contributed by atoms with E-state index >= 15 is 0 Å². The fraction of sp³-hybridized carbons (Fsp3) is 0.500. The molecule has 0 aliphatic heterocycles. The van der Waals surface area contributed by atoms with Gasteiger partial charge in [0.2, 0.25) is 0 Å². The molecule has 0 aromatic rings. The molecule has 0 aromatic carbocycles. The lowest BCUT2D eigenvalue weighted by Crippen LogP contribution is -1.70. The van der Waals surface area contributed by atoms with Gasteiger partial charge in [0.1, 0.15) is 0 Å². The largest absolute Gasteiger partial charge is 0.127 e. The van der Waals surface area contributed by atoms with Crippen molar-refractivity contribution in [2.75, 3.05) is 11.8 Å². The van der Waals surface area contributed by atoms with Crippen LogP contribution >= 0.6 is 23.2 Å². The van der Waals surface area contributed by atoms with Crippen molar-refractivity contribution in [2.24, 2.45) is 0 Å². The number of halogens is 2. The summed E-state index contributed by atoms with van der Waals surface area (Å²) in [4.78, 5) is 0. The summed E-state index contributed by atoms with van der Waals surface area (Å²) in [5.41, 5.74) is 0. The lowest BCUT2D eigenvalue weighted by molar-refractivity contribution is 0.991. The minimum absolute atomic E-state index is 0.677. The van der Waals surface area contributed by atoms with Crippen LogP contribution in [0.1, 0.15) is 25.7 Å². The van der Waals surface area contributed by atoms with Gasteiger partial charge in [-0.3, -0.25) is 0 Å². The highest BCUT2D eigenvalue weighted by molar-refractivity contribution is 6.18. The Labute approximate surface area is 96.7 Å². The molecule has 0 spiro atoms. The molecule has 14 heavy (non-hydrogen) atoms. The number of alkyl halides is 2. The topological polar surface area (TPSA) is 0 Å². The van der Waals surface area contributed by atoms with Crippen molar-refractivity contribution in [2.45, 2.75) is 25.7 Å². The molecule has 0 nitrogen and oxygen atoms in total. The highest BCUT2D eigenvalue weighted by atomic mass is 35.5. The molecule has 0 aliphatic rings. The molecule has 0 amide bonds. The first-order valence-electron chi connectivity index (χ1n) is 4.65. The second-order valence-electron chi connectivity index (χ2n) is 2.56. The lowest BCUT2D eigenvalue weighted by atomic mass is 10.3. The molecule has 0 saturated heterocycles. The normalized spacial score (nSPS) is 9.00. The van der Waals surface area contributed by atoms with Crippen molar-refractivity contribution in [3.63, 3.8) is 0 Å². The fourth-order valence-electron chi connectivity index (χ4n) is 0.656. The van der Waals surface area contributed by atoms with Gasteiger partial charge in [0.15, 0.2) is 0 Å². The average molecular weight is 229 g/mol. The summed E-state index contributed by atoms with van der Waals surface area (Å²) in [6, 6.07) is 0. The highest BCUT2D eigenvalue weighted by Crippen LogP contribution is 1.89. The van der Waals surface area contributed by atoms with Crippen LogP contribution < -0.4 is 0 Å². The zero-order valence-corrected chi connectivity index (χ0v) is 9.67. The molecule has 0 rings (SSSR count). The van der Waals surface area contributed by atoms with Crippen LogP contribution in [-0.4, -0.2) is 11.8 Å². The molecule has 0 saturated carbocycles. The van der Waals surface area contributed by atoms with Gasteiger partial charge in [-0.05, 0) is 25.0 Å². The van der Waals surface area contributed by atoms with Crippen LogP contribution in [0.4, 0.5) is 0 Å². The van der Waals surface area contributed by atoms with E-state index in [1.165, 1.54) is 0 Å². The Bertz CT molecular complexity index is 230. The van der Waals surface area contributed by atoms with Crippen molar-refractivity contribution in [1.82, 2.24) is 0 Å². The van der Waals surface area contributed by atoms with Crippen molar-refractivity contribution >= 4 is 23.2 Å². The van der Waals surface area contributed by atoms with Gasteiger partial charge in [0.25, 0.3) is 0 Å². The van der Waals surface area contributed by atoms with Crippen molar-refractivity contribution in [3.8, 4) is 23.7 Å². The third-order valence-corrected chi connectivity index (χ3v) is 1.86. The van der Waals surface area contributed by atoms with Gasteiger partial charge in [-0.15, -0.1) is 23.2 Å². The average Bonchev–Trinajstić information content (AvgIpc) is 2.21. The minimum atomic E-state index is 0.677. The molecular weight excluding hydrogens is 215 g/mol. The molecule has 0 fully saturated rings. The number of allylic oxidation sites excluding steroid dienone is 2. The summed E-state index contributed by atoms with van der Waals surface area (Å²) in [6.07, 6.45) is 7.14. The molecule has 0 atom stereocenters. The van der Waals surface area contributed by atoms with Crippen LogP contribution in [0.2, 0.25) is 0 Å². The molecular formula is C12H14Cl2. The molecule has 76 valence electrons. The number of rotatable bonds is 4. The molecule has 0 aromatic heterocycles. The van der Waals surface area contributed by atoms with Crippen LogP contribution in [0, 0.1) is 23.7 Å². The highest BCUT2D eigenvalue weighted by Gasteiger charge is 1.76. The Hall–Kier alpha value is -0.560. The van der Waals surface area contributed by atoms with Crippen molar-refractivity contribution in [3.05, 3.63) is 12.2 Å². The number of hydrogen-bond acceptors (Lipinski definition) is 0. The Balaban J connectivity index is 3.48. The van der Waals surface area contributed by atoms with Crippen LogP contribution in [0.3, 0.4) is 0 Å². The first-order chi connectivity index (χ1) is 6.91. The molecule has 0 radical (unpaired) electrons. The Kier molecular flexibility index (Phi) is 11.9. The summed E-state index contributed by atoms with van der Waals surface area (Å²) in [6.45, 7) is 0. The smallest absolute Gasteiger partial charge is 0.0232 e. The number of unbranched alkanes of at least 4 members (excludes halogenated alkanes) is 2. The molecule has 0 aliphatic carbocycles. The van der Waals surface area contributed by atoms with E-state index < -0.39 is 0 Å². The third kappa shape index (κ3) is 11.4. The van der Waals surface area contributed by atoms with E-state index in [-0.39, 0.29) is 0 Å². The van der Waals surface area contributed by atoms with E-state index in [0.29, 0.717) is 11.8 Å². The molecule has 0 N–H and O–H groups in total. The maximum Gasteiger partial charge on any atom is 0.0232 e. The summed E-state index contributed by atoms with van der Waals surface area (Å²) in [5, 5.41) is 0. The van der Waals surface area contributed by atoms with Gasteiger partial charge in [-0.2, -0.15) is 0 Å². The molecule has 2 heteroatoms. The Morgan fingerprint density at radius 1 is 0.786 bits per heavy atom. The summed E-state index contributed by atoms with van der Waals surface area (Å²) in [5.74, 6) is 13.1. The van der Waals surface area contributed by atoms with E-state index in [0.717, 1.165) is 25.7 Å². The maximum absolute atomic E-state index is 5.49. The van der Waals surface area contributed by atoms with Gasteiger partial charge in [-0.25, -0.2) is 0 Å². The third-order valence-electron chi connectivity index (χ3n) is 1.32. The van der Waals surface area contributed by atoms with E-state index in [2.05, 4.69) is 23.7 Å². The van der Waals surface area contributed by atoms with Crippen LogP contribution in [0.25, 0.3) is 0 Å². The Morgan fingerprint density at radius 3 is 1.57 bits per heavy atom. The molecule has 0 heterocycles. The van der Waals surface area contributed by atoms with E-state index in [4.69, 9.17) is 23.2 Å². The zero-order valence-electron chi connectivity index (χ0n) is 8.15. The van der Waals surface area contributed by atoms with Crippen LogP contribution in [-0.2, 0) is 0 Å². The van der Waals surface area contributed by atoms with Crippen LogP contribution in [0.5, 0.6) is 0 Å². The van der Waals surface area contributed by atoms with Crippen molar-refractivity contribution in [1.29, 1.82) is 0 Å². The lowest BCUT2D eigenvalue weighted by Gasteiger charge is -1.80. The monoisotopic (exact) mass is 228 g/mol. The fourth-order valence-corrected chi connectivity index (χ4v) is 0.923. The summed E-state index contributed by atoms with van der Waals surface area (Å²) in [7, 11) is 0. The SMILES string of the molecule is ClCCCC#C/C=C\C#CCCCCl. The molecule has 0 bridgehead atoms. The van der Waals surface area contributed by atoms with Gasteiger partial charge < -0.3 is 0 Å². The first kappa shape index (κ1) is 13.4. The minimum Gasteiger partial charge on any atom is -0.127 e. The van der Waals surface area contributed by atoms with E-state index in [9.17, 15) is 0 Å². The van der Waals surface area contributed by atoms with E-state index in [1.807, 2.05) is 0 Å². The maximum atomic E-state index is 5.49. The van der Waals surface area contributed by atoms with E-state index in [1.54, 1.807) is 12.2 Å². The standard InChI is InChI=1S/C12H14Cl2/c13-11-9-7-5-3-1-2-4-6-8-10-12-14/h1-2H,7-12H2/b2-1-. The van der Waals surface area contributed by atoms with Crippen molar-refractivity contribution < 1.29 is 0 Å². The summed E-state index contributed by atoms with van der Waals surface area (Å²) >= 11 is 11.0. The molecule has 0 unspecified atom stereocenters. The second kappa shape index (κ2) is 12.4. The van der Waals surface area contributed by atoms with Crippen LogP contribution in [0.15, 0.2) is 12.2 Å². The first-order valence-corrected chi connectivity index (χ1v) is 5.72. The Morgan fingerprint density at radius 2 is 1.21 bits per heavy atom. The predicted octanol–water partition coefficient (Wildman–Crippen LogP) is 3.59. The van der Waals surface area contributed by atoms with Gasteiger partial charge in [-0.1, -0.05) is 23.7 Å². The van der Waals surface area contributed by atoms with Gasteiger partial charge in [0, 0.05) is 24.6 Å². The second-order valence-corrected chi connectivity index (χ2v) is 3.32. The zero-order chi connectivity index (χ0) is 10.5.